The highest BCUT2D eigenvalue weighted by Gasteiger charge is 2.33. The molecule has 0 saturated heterocycles. The van der Waals surface area contributed by atoms with Crippen LogP contribution in [0.15, 0.2) is 0 Å². The summed E-state index contributed by atoms with van der Waals surface area (Å²) in [6.07, 6.45) is 7.23. The average molecular weight is 311 g/mol. The summed E-state index contributed by atoms with van der Waals surface area (Å²) in [6, 6.07) is 1.08. The lowest BCUT2D eigenvalue weighted by Gasteiger charge is -2.24. The van der Waals surface area contributed by atoms with Crippen LogP contribution in [0.2, 0.25) is 6.04 Å². The molecule has 0 aromatic carbocycles. The van der Waals surface area contributed by atoms with Crippen LogP contribution >= 0.6 is 15.3 Å². The van der Waals surface area contributed by atoms with E-state index in [0.717, 1.165) is 32.1 Å². The molecule has 0 atom stereocenters. The van der Waals surface area contributed by atoms with Crippen molar-refractivity contribution in [2.75, 3.05) is 13.2 Å². The molecule has 16 heavy (non-hydrogen) atoms. The highest BCUT2D eigenvalue weighted by atomic mass is 79.9. The van der Waals surface area contributed by atoms with E-state index in [4.69, 9.17) is 8.85 Å². The first kappa shape index (κ1) is 16.6. The van der Waals surface area contributed by atoms with E-state index in [2.05, 4.69) is 36.1 Å². The Morgan fingerprint density at radius 3 is 1.81 bits per heavy atom. The number of rotatable bonds is 11. The fourth-order valence-electron chi connectivity index (χ4n) is 1.46. The summed E-state index contributed by atoms with van der Waals surface area (Å²) in [7, 11) is -2.03. The van der Waals surface area contributed by atoms with Gasteiger partial charge in [-0.15, -0.1) is 0 Å². The van der Waals surface area contributed by atoms with Crippen LogP contribution in [-0.2, 0) is 8.85 Å². The quantitative estimate of drug-likeness (QED) is 0.311. The van der Waals surface area contributed by atoms with Gasteiger partial charge < -0.3 is 8.85 Å². The van der Waals surface area contributed by atoms with E-state index in [1.54, 1.807) is 0 Å². The smallest absolute Gasteiger partial charge is 0.386 e. The van der Waals surface area contributed by atoms with Gasteiger partial charge in [-0.3, -0.25) is 0 Å². The predicted octanol–water partition coefficient (Wildman–Crippen LogP) is 4.75. The first-order valence-electron chi connectivity index (χ1n) is 6.65. The summed E-state index contributed by atoms with van der Waals surface area (Å²) >= 11 is 3.73. The first-order chi connectivity index (χ1) is 7.68. The molecule has 2 nitrogen and oxygen atoms in total. The van der Waals surface area contributed by atoms with Gasteiger partial charge >= 0.3 is 7.18 Å². The van der Waals surface area contributed by atoms with Crippen LogP contribution in [0.25, 0.3) is 0 Å². The molecule has 0 fully saturated rings. The molecule has 0 aliphatic carbocycles. The van der Waals surface area contributed by atoms with Crippen molar-refractivity contribution in [2.24, 2.45) is 0 Å². The Morgan fingerprint density at radius 2 is 1.38 bits per heavy atom. The highest BCUT2D eigenvalue weighted by Crippen LogP contribution is 2.25. The largest absolute Gasteiger partial charge is 0.414 e. The van der Waals surface area contributed by atoms with Crippen molar-refractivity contribution in [1.29, 1.82) is 0 Å². The van der Waals surface area contributed by atoms with E-state index in [-0.39, 0.29) is 0 Å². The fraction of sp³-hybridized carbons (Fsp3) is 1.00. The molecule has 0 aliphatic rings. The lowest BCUT2D eigenvalue weighted by Crippen LogP contribution is -2.36. The lowest BCUT2D eigenvalue weighted by molar-refractivity contribution is 0.189. The number of halogens is 1. The van der Waals surface area contributed by atoms with Gasteiger partial charge in [-0.1, -0.05) is 61.7 Å². The van der Waals surface area contributed by atoms with Gasteiger partial charge in [-0.25, -0.2) is 0 Å². The van der Waals surface area contributed by atoms with Crippen LogP contribution in [0.1, 0.15) is 59.3 Å². The zero-order valence-electron chi connectivity index (χ0n) is 11.1. The molecular formula is C12H27BrO2Si. The van der Waals surface area contributed by atoms with Gasteiger partial charge in [0.1, 0.15) is 0 Å². The second-order valence-corrected chi connectivity index (χ2v) is 10.2. The van der Waals surface area contributed by atoms with Crippen molar-refractivity contribution in [3.63, 3.8) is 0 Å². The zero-order chi connectivity index (χ0) is 12.3. The summed E-state index contributed by atoms with van der Waals surface area (Å²) < 4.78 is 11.8. The van der Waals surface area contributed by atoms with Gasteiger partial charge in [0.15, 0.2) is 0 Å². The minimum Gasteiger partial charge on any atom is -0.386 e. The zero-order valence-corrected chi connectivity index (χ0v) is 13.6. The van der Waals surface area contributed by atoms with E-state index >= 15 is 0 Å². The molecule has 4 heteroatoms. The van der Waals surface area contributed by atoms with Gasteiger partial charge in [0.2, 0.25) is 0 Å². The molecule has 0 aromatic heterocycles. The molecular weight excluding hydrogens is 284 g/mol. The van der Waals surface area contributed by atoms with E-state index in [1.165, 1.54) is 25.7 Å². The summed E-state index contributed by atoms with van der Waals surface area (Å²) in [5, 5.41) is 0. The van der Waals surface area contributed by atoms with Crippen LogP contribution in [0, 0.1) is 0 Å². The van der Waals surface area contributed by atoms with E-state index in [0.29, 0.717) is 0 Å². The number of unbranched alkanes of at least 4 members (excludes halogenated alkanes) is 3. The highest BCUT2D eigenvalue weighted by molar-refractivity contribution is 9.25. The van der Waals surface area contributed by atoms with Crippen molar-refractivity contribution in [2.45, 2.75) is 65.3 Å². The maximum Gasteiger partial charge on any atom is 0.414 e. The minimum atomic E-state index is -2.03. The van der Waals surface area contributed by atoms with Crippen LogP contribution in [0.4, 0.5) is 0 Å². The van der Waals surface area contributed by atoms with Crippen LogP contribution < -0.4 is 0 Å². The van der Waals surface area contributed by atoms with E-state index in [1.807, 2.05) is 0 Å². The predicted molar refractivity (Wildman–Crippen MR) is 76.1 cm³/mol. The molecule has 0 amide bonds. The van der Waals surface area contributed by atoms with Crippen molar-refractivity contribution in [3.8, 4) is 0 Å². The summed E-state index contributed by atoms with van der Waals surface area (Å²) in [4.78, 5) is 0. The Hall–Kier alpha value is 0.617. The third kappa shape index (κ3) is 8.73. The van der Waals surface area contributed by atoms with Gasteiger partial charge in [0, 0.05) is 19.3 Å². The van der Waals surface area contributed by atoms with Gasteiger partial charge in [0.05, 0.1) is 0 Å². The molecule has 0 N–H and O–H groups in total. The Balaban J connectivity index is 3.86. The van der Waals surface area contributed by atoms with Gasteiger partial charge in [-0.2, -0.15) is 0 Å². The normalized spacial score (nSPS) is 12.0. The summed E-state index contributed by atoms with van der Waals surface area (Å²) in [6.45, 7) is 8.14. The second-order valence-electron chi connectivity index (χ2n) is 4.17. The Labute approximate surface area is 110 Å². The SMILES string of the molecule is CCCCCC[Si](Br)(OCCC)OCCC. The monoisotopic (exact) mass is 310 g/mol. The third-order valence-corrected chi connectivity index (χ3v) is 7.16. The maximum atomic E-state index is 5.89. The Kier molecular flexibility index (Phi) is 11.2. The van der Waals surface area contributed by atoms with Crippen LogP contribution in [0.5, 0.6) is 0 Å². The van der Waals surface area contributed by atoms with E-state index in [9.17, 15) is 0 Å². The lowest BCUT2D eigenvalue weighted by atomic mass is 10.2. The number of hydrogen-bond donors (Lipinski definition) is 0. The Bertz CT molecular complexity index is 148. The molecule has 98 valence electrons. The van der Waals surface area contributed by atoms with Crippen molar-refractivity contribution in [1.82, 2.24) is 0 Å². The molecule has 0 radical (unpaired) electrons. The average Bonchev–Trinajstić information content (AvgIpc) is 2.30. The van der Waals surface area contributed by atoms with Gasteiger partial charge in [-0.05, 0) is 12.8 Å². The minimum absolute atomic E-state index is 0.814. The van der Waals surface area contributed by atoms with Crippen LogP contribution in [-0.4, -0.2) is 20.4 Å². The standard InChI is InChI=1S/C12H27BrO2Si/c1-4-7-8-9-12-16(13,14-10-5-2)15-11-6-3/h4-12H2,1-3H3. The molecule has 0 spiro atoms. The van der Waals surface area contributed by atoms with Crippen molar-refractivity contribution >= 4 is 22.5 Å². The topological polar surface area (TPSA) is 18.5 Å². The third-order valence-electron chi connectivity index (χ3n) is 2.37. The molecule has 0 unspecified atom stereocenters. The molecule has 0 aromatic rings. The summed E-state index contributed by atoms with van der Waals surface area (Å²) in [5.41, 5.74) is 0. The molecule has 0 rings (SSSR count). The van der Waals surface area contributed by atoms with Crippen molar-refractivity contribution < 1.29 is 8.85 Å². The molecule has 0 heterocycles. The second kappa shape index (κ2) is 10.8. The van der Waals surface area contributed by atoms with E-state index < -0.39 is 7.18 Å². The van der Waals surface area contributed by atoms with Crippen molar-refractivity contribution in [3.05, 3.63) is 0 Å². The molecule has 0 aliphatic heterocycles. The van der Waals surface area contributed by atoms with Crippen LogP contribution in [0.3, 0.4) is 0 Å². The fourth-order valence-corrected chi connectivity index (χ4v) is 5.33. The first-order valence-corrected chi connectivity index (χ1v) is 10.9. The van der Waals surface area contributed by atoms with Gasteiger partial charge in [0.25, 0.3) is 0 Å². The summed E-state index contributed by atoms with van der Waals surface area (Å²) in [5.74, 6) is 0. The number of hydrogen-bond acceptors (Lipinski definition) is 2. The molecule has 0 bridgehead atoms. The maximum absolute atomic E-state index is 5.89. The Morgan fingerprint density at radius 1 is 0.812 bits per heavy atom. The molecule has 0 saturated carbocycles.